The largest absolute Gasteiger partial charge is 0.481 e. The van der Waals surface area contributed by atoms with Crippen molar-refractivity contribution >= 4 is 58.0 Å². The number of aliphatic carboxylic acids is 1. The third kappa shape index (κ3) is 6.31. The van der Waals surface area contributed by atoms with Crippen LogP contribution in [-0.4, -0.2) is 49.4 Å². The molecule has 2 amide bonds. The van der Waals surface area contributed by atoms with Crippen LogP contribution in [0.3, 0.4) is 0 Å². The summed E-state index contributed by atoms with van der Waals surface area (Å²) in [6, 6.07) is 1.60. The Morgan fingerprint density at radius 2 is 2.14 bits per heavy atom. The summed E-state index contributed by atoms with van der Waals surface area (Å²) < 4.78 is 5.61. The van der Waals surface area contributed by atoms with Gasteiger partial charge in [-0.3, -0.25) is 24.8 Å². The van der Waals surface area contributed by atoms with Crippen molar-refractivity contribution in [2.45, 2.75) is 39.2 Å². The predicted octanol–water partition coefficient (Wildman–Crippen LogP) is 3.49. The summed E-state index contributed by atoms with van der Waals surface area (Å²) >= 11 is 6.35. The highest BCUT2D eigenvalue weighted by Crippen LogP contribution is 2.33. The molecule has 1 aromatic heterocycles. The number of carbonyl (C=O) groups excluding carboxylic acids is 2. The topological polar surface area (TPSA) is 109 Å². The van der Waals surface area contributed by atoms with Crippen molar-refractivity contribution in [2.24, 2.45) is 0 Å². The average molecular weight is 424 g/mol. The maximum atomic E-state index is 12.6. The minimum atomic E-state index is -0.922. The molecule has 2 heterocycles. The minimum Gasteiger partial charge on any atom is -0.481 e. The molecule has 2 rings (SSSR count). The second-order valence-electron chi connectivity index (χ2n) is 6.92. The number of rotatable bonds is 6. The molecular formula is C18H21N3O5S2. The fraction of sp³-hybridized carbons (Fsp3) is 0.389. The first-order valence-corrected chi connectivity index (χ1v) is 9.70. The van der Waals surface area contributed by atoms with E-state index in [0.29, 0.717) is 26.9 Å². The van der Waals surface area contributed by atoms with Crippen LogP contribution in [0, 0.1) is 0 Å². The highest BCUT2D eigenvalue weighted by atomic mass is 32.2. The molecule has 1 aliphatic heterocycles. The van der Waals surface area contributed by atoms with E-state index in [2.05, 4.69) is 10.3 Å². The van der Waals surface area contributed by atoms with Crippen molar-refractivity contribution in [3.05, 3.63) is 28.9 Å². The Morgan fingerprint density at radius 3 is 2.79 bits per heavy atom. The van der Waals surface area contributed by atoms with Crippen LogP contribution in [-0.2, 0) is 14.3 Å². The molecule has 1 saturated heterocycles. The highest BCUT2D eigenvalue weighted by molar-refractivity contribution is 8.26. The van der Waals surface area contributed by atoms with Gasteiger partial charge in [-0.05, 0) is 39.3 Å². The molecule has 0 spiro atoms. The van der Waals surface area contributed by atoms with Crippen LogP contribution in [0.1, 0.15) is 39.2 Å². The van der Waals surface area contributed by atoms with Gasteiger partial charge in [0.15, 0.2) is 0 Å². The fourth-order valence-electron chi connectivity index (χ4n) is 2.27. The van der Waals surface area contributed by atoms with E-state index in [1.807, 2.05) is 0 Å². The van der Waals surface area contributed by atoms with E-state index in [1.165, 1.54) is 17.3 Å². The minimum absolute atomic E-state index is 0.0390. The smallest absolute Gasteiger partial charge is 0.412 e. The van der Waals surface area contributed by atoms with Crippen molar-refractivity contribution in [1.82, 2.24) is 9.88 Å². The Labute approximate surface area is 172 Å². The van der Waals surface area contributed by atoms with Crippen LogP contribution < -0.4 is 5.32 Å². The number of carbonyl (C=O) groups is 3. The molecule has 1 aromatic rings. The lowest BCUT2D eigenvalue weighted by Crippen LogP contribution is -2.29. The van der Waals surface area contributed by atoms with E-state index in [1.54, 1.807) is 32.9 Å². The second-order valence-corrected chi connectivity index (χ2v) is 8.60. The predicted molar refractivity (Wildman–Crippen MR) is 111 cm³/mol. The summed E-state index contributed by atoms with van der Waals surface area (Å²) in [5, 5.41) is 11.4. The lowest BCUT2D eigenvalue weighted by atomic mass is 10.2. The van der Waals surface area contributed by atoms with Crippen molar-refractivity contribution in [2.75, 3.05) is 11.9 Å². The summed E-state index contributed by atoms with van der Waals surface area (Å²) in [5.41, 5.74) is 0.329. The molecular weight excluding hydrogens is 402 g/mol. The second kappa shape index (κ2) is 9.16. The van der Waals surface area contributed by atoms with Crippen LogP contribution in [0.15, 0.2) is 23.4 Å². The fourth-order valence-corrected chi connectivity index (χ4v) is 3.57. The Balaban J connectivity index is 2.15. The van der Waals surface area contributed by atoms with Gasteiger partial charge >= 0.3 is 12.1 Å². The normalized spacial score (nSPS) is 15.8. The standard InChI is InChI=1S/C18H21N3O5S2/c1-18(2,3)26-16(25)20-12-6-7-19-10-11(12)9-13-15(24)21(17(27)28-13)8-4-5-14(22)23/h6-7,9-10H,4-5,8H2,1-3H3,(H,22,23)(H,19,20,25)/b13-9-. The van der Waals surface area contributed by atoms with Crippen molar-refractivity contribution < 1.29 is 24.2 Å². The zero-order chi connectivity index (χ0) is 20.9. The first kappa shape index (κ1) is 21.8. The molecule has 8 nitrogen and oxygen atoms in total. The third-order valence-electron chi connectivity index (χ3n) is 3.42. The van der Waals surface area contributed by atoms with Gasteiger partial charge in [0.05, 0.1) is 10.6 Å². The van der Waals surface area contributed by atoms with Gasteiger partial charge in [-0.1, -0.05) is 24.0 Å². The lowest BCUT2D eigenvalue weighted by molar-refractivity contribution is -0.137. The zero-order valence-corrected chi connectivity index (χ0v) is 17.4. The Morgan fingerprint density at radius 1 is 1.43 bits per heavy atom. The maximum Gasteiger partial charge on any atom is 0.412 e. The molecule has 2 N–H and O–H groups in total. The lowest BCUT2D eigenvalue weighted by Gasteiger charge is -2.20. The number of nitrogens with one attached hydrogen (secondary N) is 1. The number of nitrogens with zero attached hydrogens (tertiary/aromatic N) is 2. The number of anilines is 1. The number of carboxylic acid groups (broad SMARTS) is 1. The number of hydrogen-bond acceptors (Lipinski definition) is 7. The van der Waals surface area contributed by atoms with Gasteiger partial charge in [0.1, 0.15) is 9.92 Å². The number of amides is 2. The van der Waals surface area contributed by atoms with E-state index in [4.69, 9.17) is 22.1 Å². The molecule has 1 aliphatic rings. The van der Waals surface area contributed by atoms with Crippen LogP contribution >= 0.6 is 24.0 Å². The van der Waals surface area contributed by atoms with Crippen molar-refractivity contribution in [3.63, 3.8) is 0 Å². The van der Waals surface area contributed by atoms with Gasteiger partial charge in [0, 0.05) is 30.9 Å². The first-order chi connectivity index (χ1) is 13.1. The number of pyridine rings is 1. The van der Waals surface area contributed by atoms with Crippen molar-refractivity contribution in [1.29, 1.82) is 0 Å². The van der Waals surface area contributed by atoms with Gasteiger partial charge in [-0.25, -0.2) is 4.79 Å². The summed E-state index contributed by atoms with van der Waals surface area (Å²) in [7, 11) is 0. The molecule has 0 atom stereocenters. The SMILES string of the molecule is CC(C)(C)OC(=O)Nc1ccncc1/C=C1\SC(=S)N(CCCC(=O)O)C1=O. The number of aromatic nitrogens is 1. The molecule has 0 unspecified atom stereocenters. The maximum absolute atomic E-state index is 12.6. The Hall–Kier alpha value is -2.46. The zero-order valence-electron chi connectivity index (χ0n) is 15.7. The number of hydrogen-bond donors (Lipinski definition) is 2. The molecule has 10 heteroatoms. The van der Waals surface area contributed by atoms with Crippen LogP contribution in [0.25, 0.3) is 6.08 Å². The van der Waals surface area contributed by atoms with E-state index < -0.39 is 17.7 Å². The number of thioether (sulfide) groups is 1. The average Bonchev–Trinajstić information content (AvgIpc) is 2.82. The van der Waals surface area contributed by atoms with E-state index in [0.717, 1.165) is 11.8 Å². The van der Waals surface area contributed by atoms with Crippen LogP contribution in [0.4, 0.5) is 10.5 Å². The van der Waals surface area contributed by atoms with E-state index in [-0.39, 0.29) is 18.9 Å². The molecule has 28 heavy (non-hydrogen) atoms. The van der Waals surface area contributed by atoms with E-state index in [9.17, 15) is 14.4 Å². The number of thiocarbonyl (C=S) groups is 1. The van der Waals surface area contributed by atoms with Crippen LogP contribution in [0.2, 0.25) is 0 Å². The van der Waals surface area contributed by atoms with Gasteiger partial charge in [0.2, 0.25) is 0 Å². The molecule has 0 aliphatic carbocycles. The Bertz CT molecular complexity index is 833. The molecule has 0 aromatic carbocycles. The quantitative estimate of drug-likeness (QED) is 0.529. The van der Waals surface area contributed by atoms with Crippen LogP contribution in [0.5, 0.6) is 0 Å². The summed E-state index contributed by atoms with van der Waals surface area (Å²) in [6.45, 7) is 5.52. The molecule has 1 fully saturated rings. The molecule has 0 bridgehead atoms. The first-order valence-electron chi connectivity index (χ1n) is 8.48. The summed E-state index contributed by atoms with van der Waals surface area (Å²) in [4.78, 5) is 41.1. The molecule has 0 radical (unpaired) electrons. The molecule has 0 saturated carbocycles. The van der Waals surface area contributed by atoms with Gasteiger partial charge in [-0.2, -0.15) is 0 Å². The summed E-state index contributed by atoms with van der Waals surface area (Å²) in [5.74, 6) is -1.22. The van der Waals surface area contributed by atoms with Crippen molar-refractivity contribution in [3.8, 4) is 0 Å². The van der Waals surface area contributed by atoms with Gasteiger partial charge in [0.25, 0.3) is 5.91 Å². The van der Waals surface area contributed by atoms with E-state index >= 15 is 0 Å². The Kier molecular flexibility index (Phi) is 7.14. The highest BCUT2D eigenvalue weighted by Gasteiger charge is 2.32. The van der Waals surface area contributed by atoms with Gasteiger partial charge < -0.3 is 9.84 Å². The monoisotopic (exact) mass is 423 g/mol. The number of carboxylic acids is 1. The molecule has 150 valence electrons. The number of ether oxygens (including phenoxy) is 1. The third-order valence-corrected chi connectivity index (χ3v) is 4.80. The van der Waals surface area contributed by atoms with Gasteiger partial charge in [-0.15, -0.1) is 0 Å². The summed E-state index contributed by atoms with van der Waals surface area (Å²) in [6.07, 6.45) is 4.28.